The smallest absolute Gasteiger partial charge is 0.262 e. The zero-order chi connectivity index (χ0) is 17.3. The second-order valence-corrected chi connectivity index (χ2v) is 7.57. The molecule has 0 radical (unpaired) electrons. The van der Waals surface area contributed by atoms with Crippen molar-refractivity contribution in [2.45, 2.75) is 25.4 Å². The van der Waals surface area contributed by atoms with Crippen molar-refractivity contribution in [3.8, 4) is 5.75 Å². The van der Waals surface area contributed by atoms with Crippen LogP contribution >= 0.6 is 12.4 Å². The summed E-state index contributed by atoms with van der Waals surface area (Å²) >= 11 is 0. The lowest BCUT2D eigenvalue weighted by Crippen LogP contribution is -2.58. The van der Waals surface area contributed by atoms with Crippen molar-refractivity contribution in [3.63, 3.8) is 0 Å². The Labute approximate surface area is 158 Å². The van der Waals surface area contributed by atoms with Crippen LogP contribution in [0, 0.1) is 0 Å². The first-order valence-electron chi connectivity index (χ1n) is 8.59. The maximum absolute atomic E-state index is 12.1. The molecule has 26 heavy (non-hydrogen) atoms. The third-order valence-electron chi connectivity index (χ3n) is 5.53. The number of likely N-dealkylation sites (N-methyl/N-ethyl adjacent to an activating group) is 1. The molecule has 1 saturated heterocycles. The van der Waals surface area contributed by atoms with Gasteiger partial charge in [0.05, 0.1) is 16.7 Å². The number of halogens is 1. The predicted molar refractivity (Wildman–Crippen MR) is 103 cm³/mol. The molecule has 2 aromatic rings. The van der Waals surface area contributed by atoms with E-state index in [4.69, 9.17) is 4.74 Å². The van der Waals surface area contributed by atoms with E-state index in [0.29, 0.717) is 6.61 Å². The number of rotatable bonds is 1. The third kappa shape index (κ3) is 2.23. The first-order chi connectivity index (χ1) is 12.0. The quantitative estimate of drug-likeness (QED) is 0.825. The summed E-state index contributed by atoms with van der Waals surface area (Å²) in [5, 5.41) is 5.32. The summed E-state index contributed by atoms with van der Waals surface area (Å²) in [5.41, 5.74) is 4.75. The molecule has 138 valence electrons. The van der Waals surface area contributed by atoms with Gasteiger partial charge in [-0.25, -0.2) is 5.43 Å². The fourth-order valence-corrected chi connectivity index (χ4v) is 4.39. The minimum Gasteiger partial charge on any atom is -0.483 e. The van der Waals surface area contributed by atoms with Crippen LogP contribution in [0.3, 0.4) is 0 Å². The van der Waals surface area contributed by atoms with E-state index in [1.165, 1.54) is 0 Å². The third-order valence-corrected chi connectivity index (χ3v) is 5.53. The molecule has 8 heteroatoms. The van der Waals surface area contributed by atoms with Gasteiger partial charge in [0.2, 0.25) is 0 Å². The molecule has 5 rings (SSSR count). The zero-order valence-corrected chi connectivity index (χ0v) is 15.8. The lowest BCUT2D eigenvalue weighted by molar-refractivity contribution is -0.122. The second-order valence-electron chi connectivity index (χ2n) is 7.57. The summed E-state index contributed by atoms with van der Waals surface area (Å²) in [6.45, 7) is 6.60. The van der Waals surface area contributed by atoms with Crippen LogP contribution in [0.2, 0.25) is 0 Å². The van der Waals surface area contributed by atoms with Crippen molar-refractivity contribution in [1.29, 1.82) is 0 Å². The molecule has 7 nitrogen and oxygen atoms in total. The normalized spacial score (nSPS) is 23.8. The van der Waals surface area contributed by atoms with E-state index in [1.807, 2.05) is 11.8 Å². The highest BCUT2D eigenvalue weighted by Crippen LogP contribution is 2.40. The van der Waals surface area contributed by atoms with Gasteiger partial charge in [-0.15, -0.1) is 12.4 Å². The number of amides is 1. The van der Waals surface area contributed by atoms with Crippen LogP contribution in [0.1, 0.15) is 13.8 Å². The molecule has 0 bridgehead atoms. The molecular weight excluding hydrogens is 354 g/mol. The van der Waals surface area contributed by atoms with Crippen molar-refractivity contribution >= 4 is 40.7 Å². The van der Waals surface area contributed by atoms with Gasteiger partial charge in [0.25, 0.3) is 5.91 Å². The maximum atomic E-state index is 12.1. The molecule has 1 amide bonds. The molecule has 1 aromatic carbocycles. The van der Waals surface area contributed by atoms with Crippen molar-refractivity contribution in [2.24, 2.45) is 5.10 Å². The Bertz CT molecular complexity index is 931. The second kappa shape index (κ2) is 5.62. The number of fused-ring (bicyclic) bond motifs is 4. The average Bonchev–Trinajstić information content (AvgIpc) is 2.98. The Balaban J connectivity index is 0.00000168. The number of amidine groups is 1. The van der Waals surface area contributed by atoms with Crippen LogP contribution in [-0.2, 0) is 10.3 Å². The summed E-state index contributed by atoms with van der Waals surface area (Å²) in [7, 11) is 2.14. The molecule has 0 unspecified atom stereocenters. The number of anilines is 1. The Morgan fingerprint density at radius 3 is 2.85 bits per heavy atom. The highest BCUT2D eigenvalue weighted by Gasteiger charge is 2.40. The Hall–Kier alpha value is -2.25. The Kier molecular flexibility index (Phi) is 3.71. The van der Waals surface area contributed by atoms with Crippen LogP contribution in [0.15, 0.2) is 29.5 Å². The van der Waals surface area contributed by atoms with Crippen molar-refractivity contribution in [1.82, 2.24) is 14.9 Å². The number of hydrogen-bond donors (Lipinski definition) is 1. The van der Waals surface area contributed by atoms with Gasteiger partial charge in [-0.3, -0.25) is 4.79 Å². The molecule has 1 aromatic heterocycles. The number of hydrazone groups is 1. The van der Waals surface area contributed by atoms with Crippen LogP contribution in [0.5, 0.6) is 5.75 Å². The summed E-state index contributed by atoms with van der Waals surface area (Å²) in [6.07, 6.45) is 2.16. The van der Waals surface area contributed by atoms with Gasteiger partial charge < -0.3 is 19.1 Å². The summed E-state index contributed by atoms with van der Waals surface area (Å²) in [6, 6.07) is 6.04. The number of carbonyl (C=O) groups excluding carboxylic acids is 1. The fraction of sp³-hybridized carbons (Fsp3) is 0.444. The summed E-state index contributed by atoms with van der Waals surface area (Å²) in [5.74, 6) is 1.45. The van der Waals surface area contributed by atoms with Crippen LogP contribution in [0.25, 0.3) is 10.9 Å². The van der Waals surface area contributed by atoms with Crippen LogP contribution in [-0.4, -0.2) is 54.0 Å². The molecular formula is C18H22ClN5O2. The molecule has 0 saturated carbocycles. The van der Waals surface area contributed by atoms with Crippen LogP contribution < -0.4 is 15.1 Å². The molecule has 1 N–H and O–H groups in total. The van der Waals surface area contributed by atoms with Gasteiger partial charge in [-0.05, 0) is 39.1 Å². The first kappa shape index (κ1) is 17.2. The summed E-state index contributed by atoms with van der Waals surface area (Å²) < 4.78 is 8.25. The molecule has 1 fully saturated rings. The van der Waals surface area contributed by atoms with E-state index in [2.05, 4.69) is 58.4 Å². The molecule has 0 spiro atoms. The van der Waals surface area contributed by atoms with Gasteiger partial charge >= 0.3 is 0 Å². The largest absolute Gasteiger partial charge is 0.483 e. The number of likely N-dealkylation sites (tertiary alicyclic amines) is 1. The number of aromatic nitrogens is 1. The van der Waals surface area contributed by atoms with Crippen molar-refractivity contribution < 1.29 is 9.53 Å². The molecule has 4 heterocycles. The minimum absolute atomic E-state index is 0. The Morgan fingerprint density at radius 1 is 1.35 bits per heavy atom. The fourth-order valence-electron chi connectivity index (χ4n) is 4.39. The SMILES string of the molecule is C[C@@H]1C(=O)NN=C2COc3cc4ccn(C5(C)CN(C)C5)c4cc3N21.Cl. The number of nitrogens with one attached hydrogen (secondary N) is 1. The highest BCUT2D eigenvalue weighted by atomic mass is 35.5. The molecule has 3 aliphatic heterocycles. The molecule has 1 atom stereocenters. The number of hydrogen-bond acceptors (Lipinski definition) is 5. The van der Waals surface area contributed by atoms with Crippen LogP contribution in [0.4, 0.5) is 5.69 Å². The van der Waals surface area contributed by atoms with E-state index in [1.54, 1.807) is 0 Å². The van der Waals surface area contributed by atoms with Gasteiger partial charge in [-0.1, -0.05) is 0 Å². The van der Waals surface area contributed by atoms with E-state index in [9.17, 15) is 4.79 Å². The number of benzene rings is 1. The minimum atomic E-state index is -0.304. The lowest BCUT2D eigenvalue weighted by Gasteiger charge is -2.47. The van der Waals surface area contributed by atoms with E-state index in [0.717, 1.165) is 41.3 Å². The maximum Gasteiger partial charge on any atom is 0.262 e. The average molecular weight is 376 g/mol. The topological polar surface area (TPSA) is 62.1 Å². The lowest BCUT2D eigenvalue weighted by atomic mass is 9.92. The highest BCUT2D eigenvalue weighted by molar-refractivity contribution is 6.10. The van der Waals surface area contributed by atoms with Crippen molar-refractivity contribution in [3.05, 3.63) is 24.4 Å². The predicted octanol–water partition coefficient (Wildman–Crippen LogP) is 1.75. The van der Waals surface area contributed by atoms with Gasteiger partial charge in [0.1, 0.15) is 18.4 Å². The molecule has 0 aliphatic carbocycles. The zero-order valence-electron chi connectivity index (χ0n) is 15.0. The number of carbonyl (C=O) groups is 1. The molecule has 3 aliphatic rings. The van der Waals surface area contributed by atoms with E-state index in [-0.39, 0.29) is 29.9 Å². The summed E-state index contributed by atoms with van der Waals surface area (Å²) in [4.78, 5) is 16.4. The number of ether oxygens (including phenoxy) is 1. The van der Waals surface area contributed by atoms with Gasteiger partial charge in [0, 0.05) is 24.7 Å². The van der Waals surface area contributed by atoms with Gasteiger partial charge in [-0.2, -0.15) is 5.10 Å². The van der Waals surface area contributed by atoms with Gasteiger partial charge in [0.15, 0.2) is 5.84 Å². The standard InChI is InChI=1S/C18H21N5O2.ClH/c1-11-17(24)20-19-16-8-25-15-6-12-4-5-22(18(2)9-21(3)10-18)13(12)7-14(15)23(11)16;/h4-7,11H,8-10H2,1-3H3,(H,20,24);1H/t11-;/m1./s1. The Morgan fingerprint density at radius 2 is 2.12 bits per heavy atom. The first-order valence-corrected chi connectivity index (χ1v) is 8.59. The van der Waals surface area contributed by atoms with E-state index >= 15 is 0 Å². The number of nitrogens with zero attached hydrogens (tertiary/aromatic N) is 4. The van der Waals surface area contributed by atoms with E-state index < -0.39 is 0 Å². The van der Waals surface area contributed by atoms with Crippen molar-refractivity contribution in [2.75, 3.05) is 31.6 Å². The monoisotopic (exact) mass is 375 g/mol.